The van der Waals surface area contributed by atoms with Crippen molar-refractivity contribution in [2.75, 3.05) is 39.6 Å². The zero-order valence-corrected chi connectivity index (χ0v) is 46.7. The van der Waals surface area contributed by atoms with Gasteiger partial charge in [-0.1, -0.05) is 226 Å². The highest BCUT2D eigenvalue weighted by atomic mass is 31.2. The van der Waals surface area contributed by atoms with Crippen LogP contribution in [0.4, 0.5) is 0 Å². The number of rotatable bonds is 55. The molecule has 0 amide bonds. The first kappa shape index (κ1) is 69.5. The summed E-state index contributed by atoms with van der Waals surface area (Å²) in [4.78, 5) is 57.8. The van der Waals surface area contributed by atoms with Crippen LogP contribution in [-0.4, -0.2) is 95.9 Å². The molecule has 0 bridgehead atoms. The number of unbranched alkanes of at least 4 members (excludes halogenated alkanes) is 32. The van der Waals surface area contributed by atoms with Gasteiger partial charge in [-0.3, -0.25) is 32.5 Å². The normalized spacial score (nSPS) is 14.6. The van der Waals surface area contributed by atoms with Crippen LogP contribution in [0.1, 0.15) is 265 Å². The topological polar surface area (TPSA) is 231 Å². The molecule has 4 N–H and O–H groups in total. The first-order chi connectivity index (χ1) is 34.2. The lowest BCUT2D eigenvalue weighted by Crippen LogP contribution is -2.30. The third-order valence-electron chi connectivity index (χ3n) is 12.3. The molecular weight excluding hydrogens is 955 g/mol. The van der Waals surface area contributed by atoms with E-state index in [0.29, 0.717) is 19.3 Å². The summed E-state index contributed by atoms with van der Waals surface area (Å²) in [5, 5.41) is 20.4. The number of phosphoric acid groups is 2. The van der Waals surface area contributed by atoms with Crippen molar-refractivity contribution in [3.8, 4) is 0 Å². The SMILES string of the molecule is CCCCCCCCCCCCCCCC(=O)OCC(O)COP(=O)(O)OCC(O)COP(=O)(O)OCC(COC(=O)CCCCCCCCCCCCC)OC(=O)CCCCCCCCCCCCC. The van der Waals surface area contributed by atoms with E-state index < -0.39 is 91.5 Å². The van der Waals surface area contributed by atoms with E-state index in [1.165, 1.54) is 141 Å². The number of carbonyl (C=O) groups excluding carboxylic acids is 3. The van der Waals surface area contributed by atoms with Crippen molar-refractivity contribution < 1.29 is 75.8 Å². The lowest BCUT2D eigenvalue weighted by molar-refractivity contribution is -0.161. The first-order valence-corrected chi connectivity index (χ1v) is 31.3. The van der Waals surface area contributed by atoms with Gasteiger partial charge in [-0.05, 0) is 19.3 Å². The summed E-state index contributed by atoms with van der Waals surface area (Å²) in [6.07, 6.45) is 36.2. The van der Waals surface area contributed by atoms with E-state index in [1.807, 2.05) is 0 Å². The average molecular weight is 1060 g/mol. The van der Waals surface area contributed by atoms with Gasteiger partial charge in [0.2, 0.25) is 0 Å². The van der Waals surface area contributed by atoms with Crippen molar-refractivity contribution in [1.82, 2.24) is 0 Å². The molecule has 0 saturated heterocycles. The number of hydrogen-bond acceptors (Lipinski definition) is 14. The molecule has 0 aromatic rings. The van der Waals surface area contributed by atoms with Crippen LogP contribution in [0.2, 0.25) is 0 Å². The lowest BCUT2D eigenvalue weighted by Gasteiger charge is -2.21. The zero-order chi connectivity index (χ0) is 52.5. The number of carbonyl (C=O) groups is 3. The van der Waals surface area contributed by atoms with Gasteiger partial charge in [-0.15, -0.1) is 0 Å². The number of esters is 3. The lowest BCUT2D eigenvalue weighted by atomic mass is 10.0. The van der Waals surface area contributed by atoms with Crippen LogP contribution in [0.25, 0.3) is 0 Å². The molecule has 0 heterocycles. The summed E-state index contributed by atoms with van der Waals surface area (Å²) >= 11 is 0. The molecule has 71 heavy (non-hydrogen) atoms. The van der Waals surface area contributed by atoms with Crippen LogP contribution >= 0.6 is 15.6 Å². The largest absolute Gasteiger partial charge is 0.472 e. The fraction of sp³-hybridized carbons (Fsp3) is 0.943. The minimum Gasteiger partial charge on any atom is -0.463 e. The first-order valence-electron chi connectivity index (χ1n) is 28.3. The summed E-state index contributed by atoms with van der Waals surface area (Å²) in [7, 11) is -9.71. The van der Waals surface area contributed by atoms with Gasteiger partial charge in [0.05, 0.1) is 26.4 Å². The molecular formula is C53H104O16P2. The van der Waals surface area contributed by atoms with Crippen molar-refractivity contribution in [3.63, 3.8) is 0 Å². The van der Waals surface area contributed by atoms with Crippen LogP contribution in [0.15, 0.2) is 0 Å². The standard InChI is InChI=1S/C53H104O16P2/c1-4-7-10-13-16-19-22-23-26-28-30-33-36-39-51(56)63-42-48(54)43-65-70(59,60)66-44-49(55)45-67-71(61,62)68-47-50(69-53(58)41-38-35-32-29-25-21-18-15-12-9-6-3)46-64-52(57)40-37-34-31-27-24-20-17-14-11-8-5-2/h48-50,54-55H,4-47H2,1-3H3,(H,59,60)(H,61,62). The van der Waals surface area contributed by atoms with Crippen molar-refractivity contribution in [3.05, 3.63) is 0 Å². The van der Waals surface area contributed by atoms with Gasteiger partial charge >= 0.3 is 33.6 Å². The monoisotopic (exact) mass is 1060 g/mol. The average Bonchev–Trinajstić information content (AvgIpc) is 3.34. The molecule has 0 aliphatic heterocycles. The van der Waals surface area contributed by atoms with Crippen molar-refractivity contribution in [2.24, 2.45) is 0 Å². The van der Waals surface area contributed by atoms with Crippen molar-refractivity contribution in [2.45, 2.75) is 283 Å². The number of aliphatic hydroxyl groups excluding tert-OH is 2. The van der Waals surface area contributed by atoms with Gasteiger partial charge in [0.15, 0.2) is 6.10 Å². The molecule has 0 rings (SSSR count). The quantitative estimate of drug-likeness (QED) is 0.0192. The molecule has 422 valence electrons. The Bertz CT molecular complexity index is 1340. The molecule has 0 fully saturated rings. The predicted octanol–water partition coefficient (Wildman–Crippen LogP) is 13.9. The Kier molecular flexibility index (Phi) is 48.4. The molecule has 0 aliphatic carbocycles. The van der Waals surface area contributed by atoms with Gasteiger partial charge < -0.3 is 34.2 Å². The molecule has 5 unspecified atom stereocenters. The summed E-state index contributed by atoms with van der Waals surface area (Å²) in [6, 6.07) is 0. The molecule has 0 aliphatic rings. The molecule has 16 nitrogen and oxygen atoms in total. The molecule has 5 atom stereocenters. The Labute approximate surface area is 430 Å². The van der Waals surface area contributed by atoms with Crippen LogP contribution < -0.4 is 0 Å². The Hall–Kier alpha value is -1.45. The van der Waals surface area contributed by atoms with E-state index in [4.69, 9.17) is 32.3 Å². The van der Waals surface area contributed by atoms with Gasteiger partial charge in [-0.25, -0.2) is 9.13 Å². The molecule has 0 saturated carbocycles. The van der Waals surface area contributed by atoms with Crippen LogP contribution in [0, 0.1) is 0 Å². The van der Waals surface area contributed by atoms with Crippen molar-refractivity contribution >= 4 is 33.6 Å². The maximum atomic E-state index is 12.8. The minimum absolute atomic E-state index is 0.115. The Balaban J connectivity index is 4.63. The zero-order valence-electron chi connectivity index (χ0n) is 44.9. The highest BCUT2D eigenvalue weighted by Gasteiger charge is 2.29. The Morgan fingerprint density at radius 3 is 0.887 bits per heavy atom. The third kappa shape index (κ3) is 50.5. The second-order valence-corrected chi connectivity index (χ2v) is 22.4. The highest BCUT2D eigenvalue weighted by Crippen LogP contribution is 2.45. The summed E-state index contributed by atoms with van der Waals surface area (Å²) in [6.45, 7) is 2.66. The molecule has 0 radical (unpaired) electrons. The van der Waals surface area contributed by atoms with Gasteiger partial charge in [0.1, 0.15) is 25.4 Å². The number of hydrogen-bond donors (Lipinski definition) is 4. The number of aliphatic hydroxyl groups is 2. The maximum absolute atomic E-state index is 12.8. The Morgan fingerprint density at radius 2 is 0.577 bits per heavy atom. The van der Waals surface area contributed by atoms with E-state index in [0.717, 1.165) is 64.2 Å². The smallest absolute Gasteiger partial charge is 0.463 e. The number of ether oxygens (including phenoxy) is 3. The van der Waals surface area contributed by atoms with Gasteiger partial charge in [0.25, 0.3) is 0 Å². The highest BCUT2D eigenvalue weighted by molar-refractivity contribution is 7.47. The van der Waals surface area contributed by atoms with Gasteiger partial charge in [0, 0.05) is 19.3 Å². The molecule has 0 spiro atoms. The second-order valence-electron chi connectivity index (χ2n) is 19.5. The molecule has 18 heteroatoms. The minimum atomic E-state index is -4.89. The molecule has 0 aromatic carbocycles. The van der Waals surface area contributed by atoms with Crippen LogP contribution in [0.3, 0.4) is 0 Å². The Morgan fingerprint density at radius 1 is 0.338 bits per heavy atom. The summed E-state index contributed by atoms with van der Waals surface area (Å²) in [5.41, 5.74) is 0. The van der Waals surface area contributed by atoms with Crippen LogP contribution in [0.5, 0.6) is 0 Å². The van der Waals surface area contributed by atoms with E-state index >= 15 is 0 Å². The van der Waals surface area contributed by atoms with Gasteiger partial charge in [-0.2, -0.15) is 0 Å². The van der Waals surface area contributed by atoms with E-state index in [2.05, 4.69) is 20.8 Å². The molecule has 0 aromatic heterocycles. The van der Waals surface area contributed by atoms with E-state index in [-0.39, 0.29) is 19.3 Å². The van der Waals surface area contributed by atoms with Crippen LogP contribution in [-0.2, 0) is 55.8 Å². The maximum Gasteiger partial charge on any atom is 0.472 e. The summed E-state index contributed by atoms with van der Waals surface area (Å²) < 4.78 is 60.4. The van der Waals surface area contributed by atoms with E-state index in [9.17, 15) is 43.5 Å². The van der Waals surface area contributed by atoms with E-state index in [1.54, 1.807) is 0 Å². The number of phosphoric ester groups is 2. The fourth-order valence-electron chi connectivity index (χ4n) is 7.92. The summed E-state index contributed by atoms with van der Waals surface area (Å²) in [5.74, 6) is -1.55. The predicted molar refractivity (Wildman–Crippen MR) is 280 cm³/mol. The fourth-order valence-corrected chi connectivity index (χ4v) is 9.51. The van der Waals surface area contributed by atoms with Crippen molar-refractivity contribution in [1.29, 1.82) is 0 Å². The third-order valence-corrected chi connectivity index (χ3v) is 14.2. The second kappa shape index (κ2) is 49.4.